The van der Waals surface area contributed by atoms with Gasteiger partial charge in [0.15, 0.2) is 11.5 Å². The predicted octanol–water partition coefficient (Wildman–Crippen LogP) is 6.37. The van der Waals surface area contributed by atoms with Gasteiger partial charge in [-0.1, -0.05) is 23.7 Å². The third-order valence-electron chi connectivity index (χ3n) is 5.62. The zero-order valence-electron chi connectivity index (χ0n) is 17.9. The molecule has 0 spiro atoms. The molecule has 0 fully saturated rings. The number of benzene rings is 3. The van der Waals surface area contributed by atoms with Crippen LogP contribution in [0, 0.1) is 0 Å². The normalized spacial score (nSPS) is 12.8. The van der Waals surface area contributed by atoms with Crippen LogP contribution in [0.4, 0.5) is 13.2 Å². The molecule has 35 heavy (non-hydrogen) atoms. The molecule has 0 saturated carbocycles. The highest BCUT2D eigenvalue weighted by molar-refractivity contribution is 6.31. The summed E-state index contributed by atoms with van der Waals surface area (Å²) < 4.78 is 56.8. The van der Waals surface area contributed by atoms with Crippen molar-refractivity contribution in [2.45, 2.75) is 19.3 Å². The molecule has 1 aliphatic rings. The van der Waals surface area contributed by atoms with Crippen molar-refractivity contribution < 1.29 is 37.3 Å². The summed E-state index contributed by atoms with van der Waals surface area (Å²) >= 11 is 6.39. The number of hydrogen-bond acceptors (Lipinski definition) is 4. The fourth-order valence-corrected chi connectivity index (χ4v) is 4.15. The summed E-state index contributed by atoms with van der Waals surface area (Å²) in [5, 5.41) is 10.8. The lowest BCUT2D eigenvalue weighted by Gasteiger charge is -2.12. The van der Waals surface area contributed by atoms with E-state index in [4.69, 9.17) is 25.8 Å². The van der Waals surface area contributed by atoms with Gasteiger partial charge in [0.2, 0.25) is 6.79 Å². The van der Waals surface area contributed by atoms with Gasteiger partial charge in [-0.25, -0.2) is 4.79 Å². The number of carbonyl (C=O) groups is 1. The molecule has 180 valence electrons. The standard InChI is InChI=1S/C25H17ClF3NO5/c26-19-10-23-22(34-13-35-23)9-16(19)11-30-20-5-4-18(7-15(20)8-21(30)24(31)32)33-12-14-2-1-3-17(6-14)25(27,28)29/h1-10H,11-13H2,(H,31,32). The van der Waals surface area contributed by atoms with Crippen LogP contribution in [0.3, 0.4) is 0 Å². The van der Waals surface area contributed by atoms with Crippen molar-refractivity contribution in [3.05, 3.63) is 88.1 Å². The van der Waals surface area contributed by atoms with Crippen molar-refractivity contribution in [2.24, 2.45) is 0 Å². The third-order valence-corrected chi connectivity index (χ3v) is 5.97. The monoisotopic (exact) mass is 503 g/mol. The van der Waals surface area contributed by atoms with Crippen LogP contribution >= 0.6 is 11.6 Å². The quantitative estimate of drug-likeness (QED) is 0.331. The van der Waals surface area contributed by atoms with Crippen molar-refractivity contribution in [1.29, 1.82) is 0 Å². The molecule has 2 heterocycles. The Bertz CT molecular complexity index is 1450. The summed E-state index contributed by atoms with van der Waals surface area (Å²) in [6, 6.07) is 14.7. The Balaban J connectivity index is 1.42. The van der Waals surface area contributed by atoms with Gasteiger partial charge in [-0.15, -0.1) is 0 Å². The van der Waals surface area contributed by atoms with Crippen LogP contribution in [0.25, 0.3) is 10.9 Å². The number of aromatic nitrogens is 1. The number of carboxylic acid groups (broad SMARTS) is 1. The molecule has 1 N–H and O–H groups in total. The van der Waals surface area contributed by atoms with Crippen LogP contribution in [-0.4, -0.2) is 22.4 Å². The van der Waals surface area contributed by atoms with Crippen LogP contribution in [0.2, 0.25) is 5.02 Å². The summed E-state index contributed by atoms with van der Waals surface area (Å²) in [6.07, 6.45) is -4.44. The number of fused-ring (bicyclic) bond motifs is 2. The molecule has 3 aromatic carbocycles. The third kappa shape index (κ3) is 4.59. The smallest absolute Gasteiger partial charge is 0.416 e. The number of rotatable bonds is 6. The molecule has 1 aliphatic heterocycles. The highest BCUT2D eigenvalue weighted by Gasteiger charge is 2.30. The zero-order valence-corrected chi connectivity index (χ0v) is 18.7. The zero-order chi connectivity index (χ0) is 24.7. The first-order valence-electron chi connectivity index (χ1n) is 10.4. The average Bonchev–Trinajstić information content (AvgIpc) is 3.41. The molecule has 0 radical (unpaired) electrons. The van der Waals surface area contributed by atoms with Crippen LogP contribution in [0.1, 0.15) is 27.2 Å². The summed E-state index contributed by atoms with van der Waals surface area (Å²) in [7, 11) is 0. The Hall–Kier alpha value is -3.85. The maximum atomic E-state index is 12.9. The molecular weight excluding hydrogens is 487 g/mol. The van der Waals surface area contributed by atoms with Crippen molar-refractivity contribution >= 4 is 28.5 Å². The summed E-state index contributed by atoms with van der Waals surface area (Å²) in [6.45, 7) is 0.186. The molecule has 10 heteroatoms. The minimum Gasteiger partial charge on any atom is -0.489 e. The van der Waals surface area contributed by atoms with Crippen molar-refractivity contribution in [3.63, 3.8) is 0 Å². The van der Waals surface area contributed by atoms with Gasteiger partial charge in [-0.05, 0) is 53.6 Å². The number of halogens is 4. The van der Waals surface area contributed by atoms with Gasteiger partial charge >= 0.3 is 12.1 Å². The Labute approximate surface area is 202 Å². The van der Waals surface area contributed by atoms with Crippen molar-refractivity contribution in [1.82, 2.24) is 4.57 Å². The summed E-state index contributed by atoms with van der Waals surface area (Å²) in [5.74, 6) is 0.328. The first-order valence-corrected chi connectivity index (χ1v) is 10.8. The van der Waals surface area contributed by atoms with Crippen LogP contribution in [0.5, 0.6) is 17.2 Å². The highest BCUT2D eigenvalue weighted by atomic mass is 35.5. The van der Waals surface area contributed by atoms with Gasteiger partial charge in [-0.2, -0.15) is 13.2 Å². The van der Waals surface area contributed by atoms with Crippen LogP contribution < -0.4 is 14.2 Å². The average molecular weight is 504 g/mol. The van der Waals surface area contributed by atoms with Crippen LogP contribution in [0.15, 0.2) is 60.7 Å². The summed E-state index contributed by atoms with van der Waals surface area (Å²) in [4.78, 5) is 11.9. The Kier molecular flexibility index (Phi) is 5.72. The largest absolute Gasteiger partial charge is 0.489 e. The molecule has 0 amide bonds. The van der Waals surface area contributed by atoms with Gasteiger partial charge in [0.25, 0.3) is 0 Å². The first kappa shape index (κ1) is 22.9. The maximum absolute atomic E-state index is 12.9. The lowest BCUT2D eigenvalue weighted by Crippen LogP contribution is -2.09. The van der Waals surface area contributed by atoms with E-state index in [-0.39, 0.29) is 25.6 Å². The van der Waals surface area contributed by atoms with Gasteiger partial charge in [0.1, 0.15) is 18.1 Å². The molecule has 0 bridgehead atoms. The minimum absolute atomic E-state index is 0.0451. The maximum Gasteiger partial charge on any atom is 0.416 e. The first-order chi connectivity index (χ1) is 16.7. The molecule has 1 aromatic heterocycles. The van der Waals surface area contributed by atoms with E-state index < -0.39 is 17.7 Å². The SMILES string of the molecule is O=C(O)c1cc2cc(OCc3cccc(C(F)(F)F)c3)ccc2n1Cc1cc2c(cc1Cl)OCO2. The molecule has 0 aliphatic carbocycles. The van der Waals surface area contributed by atoms with E-state index in [1.165, 1.54) is 12.1 Å². The Morgan fingerprint density at radius 2 is 1.83 bits per heavy atom. The molecule has 6 nitrogen and oxygen atoms in total. The fourth-order valence-electron chi connectivity index (χ4n) is 3.94. The minimum atomic E-state index is -4.44. The van der Waals surface area contributed by atoms with Gasteiger partial charge < -0.3 is 23.9 Å². The highest BCUT2D eigenvalue weighted by Crippen LogP contribution is 2.38. The topological polar surface area (TPSA) is 69.9 Å². The molecule has 0 unspecified atom stereocenters. The van der Waals surface area contributed by atoms with Crippen molar-refractivity contribution in [3.8, 4) is 17.2 Å². The van der Waals surface area contributed by atoms with E-state index >= 15 is 0 Å². The second kappa shape index (κ2) is 8.74. The van der Waals surface area contributed by atoms with E-state index in [1.807, 2.05) is 0 Å². The van der Waals surface area contributed by atoms with E-state index in [9.17, 15) is 23.1 Å². The van der Waals surface area contributed by atoms with Crippen molar-refractivity contribution in [2.75, 3.05) is 6.79 Å². The van der Waals surface area contributed by atoms with Crippen LogP contribution in [-0.2, 0) is 19.3 Å². The van der Waals surface area contributed by atoms with E-state index in [0.717, 1.165) is 12.1 Å². The Morgan fingerprint density at radius 3 is 2.57 bits per heavy atom. The van der Waals surface area contributed by atoms with Gasteiger partial charge in [-0.3, -0.25) is 0 Å². The fraction of sp³-hybridized carbons (Fsp3) is 0.160. The lowest BCUT2D eigenvalue weighted by atomic mass is 10.1. The lowest BCUT2D eigenvalue weighted by molar-refractivity contribution is -0.137. The molecular formula is C25H17ClF3NO5. The molecule has 4 aromatic rings. The number of carboxylic acids is 1. The van der Waals surface area contributed by atoms with Gasteiger partial charge in [0.05, 0.1) is 12.1 Å². The summed E-state index contributed by atoms with van der Waals surface area (Å²) in [5.41, 5.74) is 0.938. The van der Waals surface area contributed by atoms with Gasteiger partial charge in [0, 0.05) is 22.0 Å². The predicted molar refractivity (Wildman–Crippen MR) is 121 cm³/mol. The second-order valence-corrected chi connectivity index (χ2v) is 8.33. The van der Waals surface area contributed by atoms with E-state index in [1.54, 1.807) is 41.0 Å². The Morgan fingerprint density at radius 1 is 1.06 bits per heavy atom. The molecule has 5 rings (SSSR count). The molecule has 0 atom stereocenters. The number of ether oxygens (including phenoxy) is 3. The number of aromatic carboxylic acids is 1. The number of alkyl halides is 3. The second-order valence-electron chi connectivity index (χ2n) is 7.93. The number of nitrogens with zero attached hydrogens (tertiary/aromatic N) is 1. The molecule has 0 saturated heterocycles. The van der Waals surface area contributed by atoms with E-state index in [2.05, 4.69) is 0 Å². The van der Waals surface area contributed by atoms with E-state index in [0.29, 0.717) is 44.3 Å². The number of hydrogen-bond donors (Lipinski definition) is 1.